The van der Waals surface area contributed by atoms with Crippen LogP contribution < -0.4 is 5.73 Å². The number of hydrogen-bond acceptors (Lipinski definition) is 1. The van der Waals surface area contributed by atoms with E-state index in [9.17, 15) is 4.39 Å². The van der Waals surface area contributed by atoms with Gasteiger partial charge in [0.1, 0.15) is 6.67 Å². The highest BCUT2D eigenvalue weighted by molar-refractivity contribution is 9.10. The zero-order chi connectivity index (χ0) is 10.4. The van der Waals surface area contributed by atoms with Crippen molar-refractivity contribution < 1.29 is 4.39 Å². The Labute approximate surface area is 92.6 Å². The number of rotatable bonds is 5. The van der Waals surface area contributed by atoms with Crippen LogP contribution >= 0.6 is 15.9 Å². The van der Waals surface area contributed by atoms with E-state index in [-0.39, 0.29) is 0 Å². The molecule has 0 radical (unpaired) electrons. The predicted octanol–water partition coefficient (Wildman–Crippen LogP) is 3.20. The van der Waals surface area contributed by atoms with Gasteiger partial charge in [-0.1, -0.05) is 28.1 Å². The zero-order valence-corrected chi connectivity index (χ0v) is 9.69. The second-order valence-corrected chi connectivity index (χ2v) is 4.16. The Morgan fingerprint density at radius 2 is 2.07 bits per heavy atom. The molecule has 0 aliphatic carbocycles. The van der Waals surface area contributed by atoms with Gasteiger partial charge in [0, 0.05) is 4.47 Å². The maximum atomic E-state index is 12.4. The highest BCUT2D eigenvalue weighted by Crippen LogP contribution is 2.20. The van der Waals surface area contributed by atoms with Crippen LogP contribution in [0.1, 0.15) is 24.0 Å². The van der Waals surface area contributed by atoms with Crippen molar-refractivity contribution in [3.05, 3.63) is 33.8 Å². The minimum Gasteiger partial charge on any atom is -0.330 e. The molecule has 0 aliphatic heterocycles. The minimum absolute atomic E-state index is 0.413. The number of nitrogens with two attached hydrogens (primary N) is 1. The summed E-state index contributed by atoms with van der Waals surface area (Å²) in [6.45, 7) is 0.327. The molecule has 3 heteroatoms. The molecule has 0 amide bonds. The molecule has 0 bridgehead atoms. The summed E-state index contributed by atoms with van der Waals surface area (Å²) in [4.78, 5) is 0. The third-order valence-electron chi connectivity index (χ3n) is 2.18. The Balaban J connectivity index is 2.57. The lowest BCUT2D eigenvalue weighted by molar-refractivity contribution is 0.484. The van der Waals surface area contributed by atoms with Gasteiger partial charge in [-0.25, -0.2) is 4.39 Å². The van der Waals surface area contributed by atoms with Crippen molar-refractivity contribution in [1.82, 2.24) is 0 Å². The van der Waals surface area contributed by atoms with Gasteiger partial charge >= 0.3 is 0 Å². The average Bonchev–Trinajstić information content (AvgIpc) is 2.18. The molecule has 78 valence electrons. The van der Waals surface area contributed by atoms with Crippen LogP contribution in [0.3, 0.4) is 0 Å². The molecule has 0 atom stereocenters. The summed E-state index contributed by atoms with van der Waals surface area (Å²) in [6, 6.07) is 5.81. The number of unbranched alkanes of at least 4 members (excludes halogenated alkanes) is 1. The maximum Gasteiger partial charge on any atom is 0.116 e. The van der Waals surface area contributed by atoms with Crippen LogP contribution in [0.4, 0.5) is 4.39 Å². The number of aryl methyl sites for hydroxylation is 1. The Morgan fingerprint density at radius 3 is 2.64 bits per heavy atom. The zero-order valence-electron chi connectivity index (χ0n) is 8.10. The lowest BCUT2D eigenvalue weighted by atomic mass is 10.1. The second-order valence-electron chi connectivity index (χ2n) is 3.31. The van der Waals surface area contributed by atoms with Gasteiger partial charge in [-0.2, -0.15) is 0 Å². The van der Waals surface area contributed by atoms with Crippen molar-refractivity contribution in [3.63, 3.8) is 0 Å². The van der Waals surface area contributed by atoms with Gasteiger partial charge in [0.05, 0.1) is 0 Å². The van der Waals surface area contributed by atoms with E-state index in [1.807, 2.05) is 18.2 Å². The molecule has 0 aliphatic rings. The van der Waals surface area contributed by atoms with E-state index in [0.29, 0.717) is 5.56 Å². The molecule has 1 nitrogen and oxygen atoms in total. The Hall–Kier alpha value is -0.410. The molecule has 1 aromatic carbocycles. The first-order chi connectivity index (χ1) is 6.77. The fourth-order valence-electron chi connectivity index (χ4n) is 1.33. The molecular weight excluding hydrogens is 245 g/mol. The molecule has 1 rings (SSSR count). The summed E-state index contributed by atoms with van der Waals surface area (Å²) in [5, 5.41) is 0. The van der Waals surface area contributed by atoms with Gasteiger partial charge in [0.15, 0.2) is 0 Å². The fourth-order valence-corrected chi connectivity index (χ4v) is 1.86. The monoisotopic (exact) mass is 259 g/mol. The lowest BCUT2D eigenvalue weighted by Gasteiger charge is -2.04. The smallest absolute Gasteiger partial charge is 0.116 e. The molecule has 0 aromatic heterocycles. The van der Waals surface area contributed by atoms with E-state index in [4.69, 9.17) is 5.73 Å². The van der Waals surface area contributed by atoms with Crippen LogP contribution in [0, 0.1) is 0 Å². The van der Waals surface area contributed by atoms with Crippen molar-refractivity contribution >= 4 is 15.9 Å². The SMILES string of the molecule is NCCCCc1ccc(CF)c(Br)c1. The van der Waals surface area contributed by atoms with E-state index in [2.05, 4.69) is 15.9 Å². The normalized spacial score (nSPS) is 10.5. The third kappa shape index (κ3) is 3.39. The first kappa shape index (κ1) is 11.7. The molecule has 0 saturated carbocycles. The predicted molar refractivity (Wildman–Crippen MR) is 60.9 cm³/mol. The summed E-state index contributed by atoms with van der Waals surface area (Å²) < 4.78 is 13.2. The van der Waals surface area contributed by atoms with Crippen molar-refractivity contribution in [2.75, 3.05) is 6.54 Å². The molecule has 14 heavy (non-hydrogen) atoms. The first-order valence-electron chi connectivity index (χ1n) is 4.81. The highest BCUT2D eigenvalue weighted by Gasteiger charge is 2.00. The summed E-state index contributed by atoms with van der Waals surface area (Å²) in [6.07, 6.45) is 3.16. The van der Waals surface area contributed by atoms with Crippen molar-refractivity contribution in [2.24, 2.45) is 5.73 Å². The number of hydrogen-bond donors (Lipinski definition) is 1. The van der Waals surface area contributed by atoms with Crippen molar-refractivity contribution in [1.29, 1.82) is 0 Å². The van der Waals surface area contributed by atoms with Gasteiger partial charge in [0.2, 0.25) is 0 Å². The summed E-state index contributed by atoms with van der Waals surface area (Å²) in [7, 11) is 0. The van der Waals surface area contributed by atoms with Crippen LogP contribution in [0.25, 0.3) is 0 Å². The Bertz CT molecular complexity index is 289. The van der Waals surface area contributed by atoms with Crippen LogP contribution in [-0.4, -0.2) is 6.54 Å². The van der Waals surface area contributed by atoms with Gasteiger partial charge in [-0.05, 0) is 43.0 Å². The van der Waals surface area contributed by atoms with Crippen molar-refractivity contribution in [2.45, 2.75) is 25.9 Å². The highest BCUT2D eigenvalue weighted by atomic mass is 79.9. The largest absolute Gasteiger partial charge is 0.330 e. The molecule has 0 spiro atoms. The van der Waals surface area contributed by atoms with E-state index in [1.54, 1.807) is 0 Å². The number of benzene rings is 1. The van der Waals surface area contributed by atoms with Crippen LogP contribution in [0.2, 0.25) is 0 Å². The Kier molecular flexibility index (Phi) is 5.12. The van der Waals surface area contributed by atoms with Crippen LogP contribution in [0.15, 0.2) is 22.7 Å². The molecule has 0 unspecified atom stereocenters. The molecule has 0 saturated heterocycles. The summed E-state index contributed by atoms with van der Waals surface area (Å²) in [5.41, 5.74) is 7.36. The van der Waals surface area contributed by atoms with Gasteiger partial charge in [-0.3, -0.25) is 0 Å². The fraction of sp³-hybridized carbons (Fsp3) is 0.455. The summed E-state index contributed by atoms with van der Waals surface area (Å²) in [5.74, 6) is 0. The van der Waals surface area contributed by atoms with Gasteiger partial charge in [-0.15, -0.1) is 0 Å². The second kappa shape index (κ2) is 6.14. The number of alkyl halides is 1. The standard InChI is InChI=1S/C11H15BrFN/c12-11-7-9(3-1-2-6-14)4-5-10(11)8-13/h4-5,7H,1-3,6,8,14H2. The maximum absolute atomic E-state index is 12.4. The topological polar surface area (TPSA) is 26.0 Å². The van der Waals surface area contributed by atoms with E-state index in [1.165, 1.54) is 5.56 Å². The van der Waals surface area contributed by atoms with E-state index < -0.39 is 6.67 Å². The van der Waals surface area contributed by atoms with E-state index >= 15 is 0 Å². The molecule has 1 aromatic rings. The van der Waals surface area contributed by atoms with Crippen LogP contribution in [0.5, 0.6) is 0 Å². The number of halogens is 2. The van der Waals surface area contributed by atoms with Gasteiger partial charge in [0.25, 0.3) is 0 Å². The minimum atomic E-state index is -0.413. The van der Waals surface area contributed by atoms with Gasteiger partial charge < -0.3 is 5.73 Å². The quantitative estimate of drug-likeness (QED) is 0.808. The first-order valence-corrected chi connectivity index (χ1v) is 5.60. The molecule has 0 fully saturated rings. The van der Waals surface area contributed by atoms with Crippen molar-refractivity contribution in [3.8, 4) is 0 Å². The Morgan fingerprint density at radius 1 is 1.29 bits per heavy atom. The molecule has 2 N–H and O–H groups in total. The van der Waals surface area contributed by atoms with Crippen LogP contribution in [-0.2, 0) is 13.1 Å². The summed E-state index contributed by atoms with van der Waals surface area (Å²) >= 11 is 3.35. The molecule has 0 heterocycles. The third-order valence-corrected chi connectivity index (χ3v) is 2.92. The average molecular weight is 260 g/mol. The van der Waals surface area contributed by atoms with E-state index in [0.717, 1.165) is 30.3 Å². The molecular formula is C11H15BrFN. The lowest BCUT2D eigenvalue weighted by Crippen LogP contribution is -1.99.